The van der Waals surface area contributed by atoms with Gasteiger partial charge in [-0.3, -0.25) is 0 Å². The van der Waals surface area contributed by atoms with E-state index < -0.39 is 12.1 Å². The molecule has 0 saturated carbocycles. The van der Waals surface area contributed by atoms with Crippen LogP contribution in [0.4, 0.5) is 4.79 Å². The number of hydrogen-bond donors (Lipinski definition) is 0. The summed E-state index contributed by atoms with van der Waals surface area (Å²) in [6, 6.07) is 11.4. The maximum atomic E-state index is 11.8. The molecule has 0 aromatic heterocycles. The van der Waals surface area contributed by atoms with Gasteiger partial charge in [-0.05, 0) is 35.9 Å². The van der Waals surface area contributed by atoms with Crippen LogP contribution in [0.1, 0.15) is 12.5 Å². The van der Waals surface area contributed by atoms with Gasteiger partial charge in [0.25, 0.3) is 0 Å². The fourth-order valence-electron chi connectivity index (χ4n) is 1.99. The van der Waals surface area contributed by atoms with Gasteiger partial charge in [0, 0.05) is 25.7 Å². The summed E-state index contributed by atoms with van der Waals surface area (Å²) in [6.07, 6.45) is 2.43. The van der Waals surface area contributed by atoms with Gasteiger partial charge >= 0.3 is 12.1 Å². The van der Waals surface area contributed by atoms with Gasteiger partial charge in [-0.15, -0.1) is 0 Å². The summed E-state index contributed by atoms with van der Waals surface area (Å²) in [4.78, 5) is 24.7. The fourth-order valence-corrected chi connectivity index (χ4v) is 1.99. The number of nitrogens with zero attached hydrogens (tertiary/aromatic N) is 1. The molecule has 0 fully saturated rings. The number of rotatable bonds is 4. The summed E-state index contributed by atoms with van der Waals surface area (Å²) in [5, 5.41) is 1.93. The highest BCUT2D eigenvalue weighted by molar-refractivity contribution is 5.92. The van der Waals surface area contributed by atoms with E-state index in [2.05, 4.69) is 0 Å². The molecule has 0 atom stereocenters. The van der Waals surface area contributed by atoms with Crippen molar-refractivity contribution in [2.45, 2.75) is 6.92 Å². The molecule has 0 radical (unpaired) electrons. The molecule has 0 heterocycles. The fraction of sp³-hybridized carbons (Fsp3) is 0.222. The zero-order valence-corrected chi connectivity index (χ0v) is 13.4. The second kappa shape index (κ2) is 7.45. The molecular weight excluding hydrogens is 294 g/mol. The predicted molar refractivity (Wildman–Crippen MR) is 89.3 cm³/mol. The summed E-state index contributed by atoms with van der Waals surface area (Å²) in [7, 11) is 3.22. The lowest BCUT2D eigenvalue weighted by atomic mass is 10.1. The Balaban J connectivity index is 2.42. The molecule has 0 aliphatic rings. The van der Waals surface area contributed by atoms with E-state index in [9.17, 15) is 9.59 Å². The number of hydrogen-bond acceptors (Lipinski definition) is 4. The molecule has 0 spiro atoms. The maximum Gasteiger partial charge on any atom is 0.414 e. The van der Waals surface area contributed by atoms with Crippen LogP contribution in [0.15, 0.2) is 42.5 Å². The Hall–Kier alpha value is -2.82. The molecule has 1 amide bonds. The Bertz CT molecular complexity index is 750. The summed E-state index contributed by atoms with van der Waals surface area (Å²) >= 11 is 0. The van der Waals surface area contributed by atoms with Gasteiger partial charge in [0.1, 0.15) is 5.75 Å². The van der Waals surface area contributed by atoms with Gasteiger partial charge in [0.2, 0.25) is 0 Å². The minimum atomic E-state index is -0.480. The van der Waals surface area contributed by atoms with Crippen molar-refractivity contribution in [1.29, 1.82) is 0 Å². The van der Waals surface area contributed by atoms with Gasteiger partial charge < -0.3 is 14.4 Å². The number of fused-ring (bicyclic) bond motifs is 1. The molecule has 120 valence electrons. The lowest BCUT2D eigenvalue weighted by Crippen LogP contribution is -2.25. The van der Waals surface area contributed by atoms with Crippen LogP contribution in [0.25, 0.3) is 16.8 Å². The lowest BCUT2D eigenvalue weighted by molar-refractivity contribution is -0.137. The first-order chi connectivity index (χ1) is 11.0. The molecule has 0 aliphatic carbocycles. The number of benzene rings is 2. The van der Waals surface area contributed by atoms with Gasteiger partial charge in [-0.1, -0.05) is 24.3 Å². The van der Waals surface area contributed by atoms with Crippen LogP contribution in [0.2, 0.25) is 0 Å². The summed E-state index contributed by atoms with van der Waals surface area (Å²) in [5.74, 6) is -0.0477. The molecule has 0 saturated heterocycles. The average Bonchev–Trinajstić information content (AvgIpc) is 2.53. The third-order valence-corrected chi connectivity index (χ3v) is 3.13. The average molecular weight is 313 g/mol. The Kier molecular flexibility index (Phi) is 5.36. The highest BCUT2D eigenvalue weighted by Gasteiger charge is 2.11. The minimum Gasteiger partial charge on any atom is -0.463 e. The molecule has 2 aromatic rings. The first-order valence-corrected chi connectivity index (χ1v) is 7.28. The molecule has 5 nitrogen and oxygen atoms in total. The normalized spacial score (nSPS) is 10.7. The second-order valence-corrected chi connectivity index (χ2v) is 5.08. The summed E-state index contributed by atoms with van der Waals surface area (Å²) in [6.45, 7) is 2.05. The van der Waals surface area contributed by atoms with Crippen molar-refractivity contribution >= 4 is 28.9 Å². The molecule has 0 N–H and O–H groups in total. The Morgan fingerprint density at radius 3 is 2.39 bits per heavy atom. The second-order valence-electron chi connectivity index (χ2n) is 5.08. The largest absolute Gasteiger partial charge is 0.463 e. The first-order valence-electron chi connectivity index (χ1n) is 7.28. The predicted octanol–water partition coefficient (Wildman–Crippen LogP) is 3.48. The van der Waals surface area contributed by atoms with Gasteiger partial charge in [-0.25, -0.2) is 9.59 Å². The monoisotopic (exact) mass is 313 g/mol. The summed E-state index contributed by atoms with van der Waals surface area (Å²) in [5.41, 5.74) is 0.631. The van der Waals surface area contributed by atoms with E-state index in [0.29, 0.717) is 17.9 Å². The van der Waals surface area contributed by atoms with Crippen LogP contribution in [-0.4, -0.2) is 37.7 Å². The molecule has 2 rings (SSSR count). The Labute approximate surface area is 135 Å². The topological polar surface area (TPSA) is 55.8 Å². The van der Waals surface area contributed by atoms with Gasteiger partial charge in [0.05, 0.1) is 6.61 Å². The van der Waals surface area contributed by atoms with E-state index >= 15 is 0 Å². The van der Waals surface area contributed by atoms with Crippen LogP contribution in [0, 0.1) is 0 Å². The van der Waals surface area contributed by atoms with E-state index in [1.807, 2.05) is 30.3 Å². The smallest absolute Gasteiger partial charge is 0.414 e. The van der Waals surface area contributed by atoms with Crippen LogP contribution in [0.3, 0.4) is 0 Å². The van der Waals surface area contributed by atoms with E-state index in [-0.39, 0.29) is 0 Å². The van der Waals surface area contributed by atoms with E-state index in [1.165, 1.54) is 11.0 Å². The zero-order valence-electron chi connectivity index (χ0n) is 13.4. The number of amides is 1. The van der Waals surface area contributed by atoms with Gasteiger partial charge in [0.15, 0.2) is 0 Å². The highest BCUT2D eigenvalue weighted by Crippen LogP contribution is 2.27. The minimum absolute atomic E-state index is 0.309. The van der Waals surface area contributed by atoms with Crippen molar-refractivity contribution in [2.75, 3.05) is 20.7 Å². The van der Waals surface area contributed by atoms with Crippen molar-refractivity contribution in [2.24, 2.45) is 0 Å². The number of ether oxygens (including phenoxy) is 2. The first kappa shape index (κ1) is 16.5. The maximum absolute atomic E-state index is 11.8. The molecule has 5 heteroatoms. The molecule has 0 aliphatic heterocycles. The van der Waals surface area contributed by atoms with Crippen LogP contribution < -0.4 is 4.74 Å². The Morgan fingerprint density at radius 2 is 1.78 bits per heavy atom. The van der Waals surface area contributed by atoms with Crippen molar-refractivity contribution in [3.05, 3.63) is 48.0 Å². The van der Waals surface area contributed by atoms with E-state index in [0.717, 1.165) is 10.8 Å². The van der Waals surface area contributed by atoms with Crippen molar-refractivity contribution in [3.63, 3.8) is 0 Å². The van der Waals surface area contributed by atoms with Crippen molar-refractivity contribution < 1.29 is 19.1 Å². The van der Waals surface area contributed by atoms with E-state index in [1.54, 1.807) is 33.2 Å². The SMILES string of the molecule is CCOC(=O)/C=C\c1cc2ccccc2cc1OC(=O)N(C)C. The van der Waals surface area contributed by atoms with Crippen molar-refractivity contribution in [3.8, 4) is 5.75 Å². The lowest BCUT2D eigenvalue weighted by Gasteiger charge is -2.13. The number of carbonyl (C=O) groups is 2. The molecular formula is C18H19NO4. The number of carbonyl (C=O) groups excluding carboxylic acids is 2. The molecule has 0 unspecified atom stereocenters. The highest BCUT2D eigenvalue weighted by atomic mass is 16.6. The van der Waals surface area contributed by atoms with Crippen molar-refractivity contribution in [1.82, 2.24) is 4.90 Å². The summed E-state index contributed by atoms with van der Waals surface area (Å²) < 4.78 is 10.3. The van der Waals surface area contributed by atoms with Crippen LogP contribution >= 0.6 is 0 Å². The standard InChI is InChI=1S/C18H19NO4/c1-4-22-17(20)10-9-15-11-13-7-5-6-8-14(13)12-16(15)23-18(21)19(2)3/h5-12H,4H2,1-3H3/b10-9-. The zero-order chi connectivity index (χ0) is 16.8. The Morgan fingerprint density at radius 1 is 1.13 bits per heavy atom. The van der Waals surface area contributed by atoms with E-state index in [4.69, 9.17) is 9.47 Å². The molecule has 23 heavy (non-hydrogen) atoms. The van der Waals surface area contributed by atoms with Crippen LogP contribution in [0.5, 0.6) is 5.75 Å². The van der Waals surface area contributed by atoms with Crippen LogP contribution in [-0.2, 0) is 9.53 Å². The number of esters is 1. The quantitative estimate of drug-likeness (QED) is 0.640. The molecule has 0 bridgehead atoms. The third-order valence-electron chi connectivity index (χ3n) is 3.13. The molecule has 2 aromatic carbocycles. The third kappa shape index (κ3) is 4.32. The van der Waals surface area contributed by atoms with Gasteiger partial charge in [-0.2, -0.15) is 0 Å².